The summed E-state index contributed by atoms with van der Waals surface area (Å²) >= 11 is 1.39. The van der Waals surface area contributed by atoms with Crippen LogP contribution in [-0.2, 0) is 20.9 Å². The third-order valence-electron chi connectivity index (χ3n) is 9.58. The van der Waals surface area contributed by atoms with Crippen LogP contribution in [0.4, 0.5) is 15.3 Å². The van der Waals surface area contributed by atoms with Crippen LogP contribution in [0.5, 0.6) is 5.88 Å². The predicted molar refractivity (Wildman–Crippen MR) is 180 cm³/mol. The Labute approximate surface area is 302 Å². The molecule has 4 aliphatic rings. The van der Waals surface area contributed by atoms with Crippen molar-refractivity contribution in [2.24, 2.45) is 17.8 Å². The van der Waals surface area contributed by atoms with Gasteiger partial charge in [-0.1, -0.05) is 24.6 Å². The van der Waals surface area contributed by atoms with Gasteiger partial charge in [0.2, 0.25) is 22.9 Å². The van der Waals surface area contributed by atoms with Gasteiger partial charge < -0.3 is 29.6 Å². The maximum atomic E-state index is 12.8. The second-order valence-electron chi connectivity index (χ2n) is 13.0. The summed E-state index contributed by atoms with van der Waals surface area (Å²) in [7, 11) is 0. The normalized spacial score (nSPS) is 21.0. The summed E-state index contributed by atoms with van der Waals surface area (Å²) in [5.41, 5.74) is 0.391. The van der Waals surface area contributed by atoms with Crippen molar-refractivity contribution in [3.05, 3.63) is 36.8 Å². The van der Waals surface area contributed by atoms with Crippen molar-refractivity contribution in [1.82, 2.24) is 44.9 Å². The molecule has 278 valence electrons. The van der Waals surface area contributed by atoms with Crippen LogP contribution < -0.4 is 14.5 Å². The highest BCUT2D eigenvalue weighted by Crippen LogP contribution is 2.40. The number of hydrogen-bond acceptors (Lipinski definition) is 13. The van der Waals surface area contributed by atoms with E-state index in [-0.39, 0.29) is 41.3 Å². The van der Waals surface area contributed by atoms with Gasteiger partial charge in [-0.05, 0) is 67.0 Å². The molecule has 4 fully saturated rings. The number of fused-ring (bicyclic) bond motifs is 1. The minimum Gasteiger partial charge on any atom is -0.480 e. The monoisotopic (exact) mass is 740 g/mol. The Morgan fingerprint density at radius 2 is 1.60 bits per heavy atom. The highest BCUT2D eigenvalue weighted by atomic mass is 32.2. The number of imide groups is 1. The van der Waals surface area contributed by atoms with E-state index in [1.165, 1.54) is 43.4 Å². The van der Waals surface area contributed by atoms with Gasteiger partial charge in [0, 0.05) is 37.5 Å². The molecule has 2 atom stereocenters. The van der Waals surface area contributed by atoms with Crippen molar-refractivity contribution in [1.29, 1.82) is 0 Å². The number of aliphatic carboxylic acids is 1. The number of carboxylic acids is 1. The summed E-state index contributed by atoms with van der Waals surface area (Å²) in [4.78, 5) is 75.0. The van der Waals surface area contributed by atoms with E-state index in [1.54, 1.807) is 29.4 Å². The number of aromatic nitrogens is 7. The molecule has 6 heterocycles. The third kappa shape index (κ3) is 8.96. The summed E-state index contributed by atoms with van der Waals surface area (Å²) in [6.45, 7) is 2.39. The Hall–Kier alpha value is -5.27. The topological polar surface area (TPSA) is 228 Å². The van der Waals surface area contributed by atoms with Crippen LogP contribution in [0.15, 0.2) is 41.9 Å². The molecule has 0 bridgehead atoms. The number of nitrogens with zero attached hydrogens (tertiary/aromatic N) is 10. The lowest BCUT2D eigenvalue weighted by Gasteiger charge is -2.30. The van der Waals surface area contributed by atoms with E-state index in [4.69, 9.17) is 19.8 Å². The number of ether oxygens (including phenoxy) is 1. The third-order valence-corrected chi connectivity index (χ3v) is 10.9. The van der Waals surface area contributed by atoms with Crippen molar-refractivity contribution >= 4 is 47.4 Å². The highest BCUT2D eigenvalue weighted by molar-refractivity contribution is 7.99. The van der Waals surface area contributed by atoms with Crippen LogP contribution in [-0.4, -0.2) is 123 Å². The first kappa shape index (κ1) is 36.5. The number of anilines is 1. The van der Waals surface area contributed by atoms with Gasteiger partial charge in [0.05, 0.1) is 36.1 Å². The summed E-state index contributed by atoms with van der Waals surface area (Å²) < 4.78 is 6.64. The first-order valence-electron chi connectivity index (χ1n) is 17.2. The Bertz CT molecular complexity index is 1680. The van der Waals surface area contributed by atoms with Crippen LogP contribution in [0.1, 0.15) is 51.4 Å². The minimum absolute atomic E-state index is 0.0876. The zero-order chi connectivity index (χ0) is 36.6. The summed E-state index contributed by atoms with van der Waals surface area (Å²) in [6, 6.07) is 4.86. The molecule has 20 heteroatoms. The lowest BCUT2D eigenvalue weighted by molar-refractivity contribution is -0.138. The Morgan fingerprint density at radius 3 is 2.19 bits per heavy atom. The van der Waals surface area contributed by atoms with Crippen molar-refractivity contribution < 1.29 is 43.8 Å². The van der Waals surface area contributed by atoms with Crippen molar-refractivity contribution in [2.45, 2.75) is 68.3 Å². The molecule has 0 aromatic carbocycles. The van der Waals surface area contributed by atoms with E-state index >= 15 is 0 Å². The molecule has 2 unspecified atom stereocenters. The van der Waals surface area contributed by atoms with Crippen LogP contribution in [0.2, 0.25) is 0 Å². The summed E-state index contributed by atoms with van der Waals surface area (Å²) in [6.07, 6.45) is 9.86. The molecule has 3 aromatic heterocycles. The van der Waals surface area contributed by atoms with Gasteiger partial charge in [-0.3, -0.25) is 14.4 Å². The average molecular weight is 741 g/mol. The summed E-state index contributed by atoms with van der Waals surface area (Å²) in [5.74, 6) is -1.35. The first-order chi connectivity index (χ1) is 25.2. The zero-order valence-electron chi connectivity index (χ0n) is 28.3. The molecule has 2 N–H and O–H groups in total. The number of likely N-dealkylation sites (tertiary alicyclic amines) is 2. The fourth-order valence-electron chi connectivity index (χ4n) is 6.75. The Kier molecular flexibility index (Phi) is 11.8. The van der Waals surface area contributed by atoms with Gasteiger partial charge in [-0.2, -0.15) is 0 Å². The van der Waals surface area contributed by atoms with E-state index in [9.17, 15) is 24.0 Å². The maximum Gasteiger partial charge on any atom is 0.416 e. The quantitative estimate of drug-likeness (QED) is 0.300. The summed E-state index contributed by atoms with van der Waals surface area (Å²) in [5, 5.41) is 33.3. The van der Waals surface area contributed by atoms with E-state index in [0.717, 1.165) is 38.5 Å². The zero-order valence-corrected chi connectivity index (χ0v) is 29.1. The van der Waals surface area contributed by atoms with Crippen LogP contribution in [0, 0.1) is 17.8 Å². The Balaban J connectivity index is 0.000000242. The number of carboxylic acid groups (broad SMARTS) is 2. The fourth-order valence-corrected chi connectivity index (χ4v) is 7.80. The van der Waals surface area contributed by atoms with Gasteiger partial charge >= 0.3 is 18.2 Å². The molecule has 3 saturated heterocycles. The average Bonchev–Trinajstić information content (AvgIpc) is 3.89. The highest BCUT2D eigenvalue weighted by Gasteiger charge is 2.48. The van der Waals surface area contributed by atoms with Gasteiger partial charge in [0.1, 0.15) is 13.2 Å². The largest absolute Gasteiger partial charge is 0.480 e. The van der Waals surface area contributed by atoms with Crippen LogP contribution >= 0.6 is 11.8 Å². The van der Waals surface area contributed by atoms with Gasteiger partial charge in [0.15, 0.2) is 0 Å². The van der Waals surface area contributed by atoms with E-state index in [2.05, 4.69) is 25.6 Å². The molecule has 4 amide bonds. The molecule has 0 radical (unpaired) electrons. The smallest absolute Gasteiger partial charge is 0.416 e. The molecule has 3 aromatic rings. The maximum absolute atomic E-state index is 12.8. The number of hydrogen-bond donors (Lipinski definition) is 2. The second kappa shape index (κ2) is 16.8. The van der Waals surface area contributed by atoms with Gasteiger partial charge in [0.25, 0.3) is 0 Å². The molecule has 1 saturated carbocycles. The molecule has 52 heavy (non-hydrogen) atoms. The molecule has 7 rings (SSSR count). The molecule has 1 aliphatic carbocycles. The first-order valence-corrected chi connectivity index (χ1v) is 18.1. The van der Waals surface area contributed by atoms with Crippen molar-refractivity contribution in [3.8, 4) is 5.88 Å². The lowest BCUT2D eigenvalue weighted by Crippen LogP contribution is -2.41. The number of thioether (sulfide) groups is 1. The standard InChI is InChI=1S/C22H25N7O6S.C10H15N3O3/c30-18(31)12-28-21(24-25-26-28)36-14-7-9-27(10-8-14)22(34)35-17-6-5-13(11-23-17)29-19(32)15-3-1-2-4-16(15)20(29)33;14-10(15)12-6-2-9(3-7-12)8-16-13-5-1-4-11-13/h5-6,11,14-16H,1-4,7-10,12H2,(H,30,31);1,4-5,9H,2-3,6-8H2,(H,14,15). The van der Waals surface area contributed by atoms with Crippen LogP contribution in [0.3, 0.4) is 0 Å². The SMILES string of the molecule is O=C(O)Cn1nnnc1SC1CCN(C(=O)Oc2ccc(N3C(=O)C4CCCCC4C3=O)cn2)CC1.O=C(O)N1CCC(COn2cccn2)CC1. The predicted octanol–water partition coefficient (Wildman–Crippen LogP) is 2.29. The minimum atomic E-state index is -1.03. The number of tetrazole rings is 1. The lowest BCUT2D eigenvalue weighted by atomic mass is 9.81. The van der Waals surface area contributed by atoms with Gasteiger partial charge in [-0.15, -0.1) is 15.0 Å². The number of piperidine rings is 2. The molecule has 0 spiro atoms. The van der Waals surface area contributed by atoms with Gasteiger partial charge in [-0.25, -0.2) is 24.2 Å². The molecule has 3 aliphatic heterocycles. The number of carbonyl (C=O) groups is 5. The van der Waals surface area contributed by atoms with Crippen molar-refractivity contribution in [2.75, 3.05) is 37.7 Å². The number of amides is 4. The second-order valence-corrected chi connectivity index (χ2v) is 14.2. The van der Waals surface area contributed by atoms with E-state index < -0.39 is 18.2 Å². The molecular formula is C32H40N10O9S. The van der Waals surface area contributed by atoms with Crippen LogP contribution in [0.25, 0.3) is 0 Å². The van der Waals surface area contributed by atoms with E-state index in [0.29, 0.717) is 62.4 Å². The Morgan fingerprint density at radius 1 is 0.904 bits per heavy atom. The van der Waals surface area contributed by atoms with E-state index in [1.807, 2.05) is 0 Å². The molecular weight excluding hydrogens is 700 g/mol. The number of pyridine rings is 1. The fraction of sp³-hybridized carbons (Fsp3) is 0.562. The van der Waals surface area contributed by atoms with Crippen molar-refractivity contribution in [3.63, 3.8) is 0 Å². The number of carbonyl (C=O) groups excluding carboxylic acids is 3. The molecule has 19 nitrogen and oxygen atoms in total. The number of rotatable bonds is 9.